The Morgan fingerprint density at radius 1 is 1.28 bits per heavy atom. The highest BCUT2D eigenvalue weighted by Gasteiger charge is 2.27. The van der Waals surface area contributed by atoms with Gasteiger partial charge in [-0.15, -0.1) is 0 Å². The van der Waals surface area contributed by atoms with E-state index < -0.39 is 0 Å². The van der Waals surface area contributed by atoms with Crippen molar-refractivity contribution in [2.75, 3.05) is 13.1 Å². The van der Waals surface area contributed by atoms with Crippen molar-refractivity contribution in [3.05, 3.63) is 35.9 Å². The number of hydrogen-bond acceptors (Lipinski definition) is 2. The fourth-order valence-corrected chi connectivity index (χ4v) is 1.76. The van der Waals surface area contributed by atoms with Gasteiger partial charge >= 0.3 is 6.09 Å². The molecule has 1 aliphatic heterocycles. The third-order valence-corrected chi connectivity index (χ3v) is 2.55. The van der Waals surface area contributed by atoms with Crippen molar-refractivity contribution in [3.8, 4) is 0 Å². The number of amides is 1. The molecule has 0 spiro atoms. The molecule has 1 amide bonds. The van der Waals surface area contributed by atoms with Gasteiger partial charge in [0.1, 0.15) is 6.10 Å². The largest absolute Gasteiger partial charge is 0.445 e. The predicted octanol–water partition coefficient (Wildman–Crippen LogP) is 3.73. The minimum absolute atomic E-state index is 0. The number of hydrogen-bond donors (Lipinski definition) is 0. The first kappa shape index (κ1) is 16.5. The lowest BCUT2D eigenvalue weighted by atomic mass is 10.1. The van der Waals surface area contributed by atoms with Crippen LogP contribution in [0.4, 0.5) is 4.79 Å². The number of carbonyl (C=O) groups is 1. The van der Waals surface area contributed by atoms with E-state index in [-0.39, 0.29) is 19.6 Å². The number of nitrogens with zero attached hydrogens (tertiary/aromatic N) is 1. The first-order valence-corrected chi connectivity index (χ1v) is 6.25. The maximum absolute atomic E-state index is 11.3. The van der Waals surface area contributed by atoms with Crippen LogP contribution in [0.25, 0.3) is 0 Å². The Labute approximate surface area is 111 Å². The first-order chi connectivity index (χ1) is 8.25. The van der Waals surface area contributed by atoms with Crippen molar-refractivity contribution in [2.45, 2.75) is 40.7 Å². The van der Waals surface area contributed by atoms with E-state index in [1.54, 1.807) is 4.90 Å². The number of benzene rings is 1. The molecule has 1 unspecified atom stereocenters. The van der Waals surface area contributed by atoms with Gasteiger partial charge in [0, 0.05) is 6.54 Å². The normalized spacial score (nSPS) is 17.4. The summed E-state index contributed by atoms with van der Waals surface area (Å²) >= 11 is 0. The number of ether oxygens (including phenoxy) is 1. The minimum Gasteiger partial charge on any atom is -0.445 e. The average Bonchev–Trinajstić information content (AvgIpc) is 2.69. The Balaban J connectivity index is 0.000000917. The van der Waals surface area contributed by atoms with E-state index in [1.807, 2.05) is 39.0 Å². The summed E-state index contributed by atoms with van der Waals surface area (Å²) in [6.45, 7) is 7.37. The quantitative estimate of drug-likeness (QED) is 0.819. The average molecular weight is 251 g/mol. The van der Waals surface area contributed by atoms with Gasteiger partial charge in [-0.3, -0.25) is 0 Å². The van der Waals surface area contributed by atoms with Gasteiger partial charge in [0.05, 0.1) is 6.54 Å². The van der Waals surface area contributed by atoms with Gasteiger partial charge < -0.3 is 9.64 Å². The highest BCUT2D eigenvalue weighted by atomic mass is 16.6. The molecule has 0 N–H and O–H groups in total. The molecule has 1 fully saturated rings. The van der Waals surface area contributed by atoms with Gasteiger partial charge in [0.25, 0.3) is 0 Å². The summed E-state index contributed by atoms with van der Waals surface area (Å²) in [7, 11) is 0. The Morgan fingerprint density at radius 3 is 2.39 bits per heavy atom. The molecule has 1 aromatic carbocycles. The molecule has 1 aromatic rings. The zero-order valence-corrected chi connectivity index (χ0v) is 10.8. The summed E-state index contributed by atoms with van der Waals surface area (Å²) in [6, 6.07) is 10.2. The van der Waals surface area contributed by atoms with Gasteiger partial charge in [-0.25, -0.2) is 4.79 Å². The second kappa shape index (κ2) is 8.56. The zero-order valence-electron chi connectivity index (χ0n) is 10.8. The molecule has 18 heavy (non-hydrogen) atoms. The van der Waals surface area contributed by atoms with Crippen LogP contribution in [0.1, 0.15) is 33.8 Å². The van der Waals surface area contributed by atoms with E-state index in [4.69, 9.17) is 4.74 Å². The van der Waals surface area contributed by atoms with Crippen LogP contribution in [-0.2, 0) is 11.2 Å². The van der Waals surface area contributed by atoms with Gasteiger partial charge in [-0.2, -0.15) is 0 Å². The second-order valence-electron chi connectivity index (χ2n) is 3.88. The van der Waals surface area contributed by atoms with E-state index >= 15 is 0 Å². The standard InChI is InChI=1S/C12H15NO2.C2H6.CH4/c1-10-9-13(12(14)15-10)8-7-11-5-3-2-4-6-11;1-2;/h2-6,10H,7-9H2,1H3;1-2H3;1H4. The smallest absolute Gasteiger partial charge is 0.410 e. The molecule has 102 valence electrons. The van der Waals surface area contributed by atoms with Crippen molar-refractivity contribution >= 4 is 6.09 Å². The monoisotopic (exact) mass is 251 g/mol. The molecular weight excluding hydrogens is 226 g/mol. The molecule has 1 heterocycles. The van der Waals surface area contributed by atoms with E-state index in [2.05, 4.69) is 12.1 Å². The lowest BCUT2D eigenvalue weighted by Gasteiger charge is -2.11. The molecule has 1 aliphatic rings. The van der Waals surface area contributed by atoms with Gasteiger partial charge in [0.2, 0.25) is 0 Å². The second-order valence-corrected chi connectivity index (χ2v) is 3.88. The van der Waals surface area contributed by atoms with E-state index in [0.29, 0.717) is 6.54 Å². The van der Waals surface area contributed by atoms with Crippen LogP contribution >= 0.6 is 0 Å². The molecule has 1 atom stereocenters. The van der Waals surface area contributed by atoms with Crippen LogP contribution in [0.3, 0.4) is 0 Å². The van der Waals surface area contributed by atoms with Crippen LogP contribution in [0.15, 0.2) is 30.3 Å². The number of cyclic esters (lactones) is 1. The van der Waals surface area contributed by atoms with E-state index in [1.165, 1.54) is 5.56 Å². The molecule has 0 bridgehead atoms. The third-order valence-electron chi connectivity index (χ3n) is 2.55. The lowest BCUT2D eigenvalue weighted by Crippen LogP contribution is -2.27. The molecule has 2 rings (SSSR count). The van der Waals surface area contributed by atoms with Gasteiger partial charge in [-0.1, -0.05) is 51.6 Å². The van der Waals surface area contributed by atoms with Crippen molar-refractivity contribution < 1.29 is 9.53 Å². The van der Waals surface area contributed by atoms with Crippen molar-refractivity contribution in [1.82, 2.24) is 4.90 Å². The van der Waals surface area contributed by atoms with E-state index in [9.17, 15) is 4.79 Å². The summed E-state index contributed by atoms with van der Waals surface area (Å²) in [5, 5.41) is 0. The van der Waals surface area contributed by atoms with Crippen molar-refractivity contribution in [3.63, 3.8) is 0 Å². The van der Waals surface area contributed by atoms with Crippen LogP contribution in [0.2, 0.25) is 0 Å². The SMILES string of the molecule is C.CC.CC1CN(CCc2ccccc2)C(=O)O1. The zero-order chi connectivity index (χ0) is 12.7. The Kier molecular flexibility index (Phi) is 7.84. The highest BCUT2D eigenvalue weighted by Crippen LogP contribution is 2.11. The Hall–Kier alpha value is -1.51. The lowest BCUT2D eigenvalue weighted by molar-refractivity contribution is 0.138. The Bertz CT molecular complexity index is 338. The van der Waals surface area contributed by atoms with Crippen LogP contribution in [-0.4, -0.2) is 30.2 Å². The maximum atomic E-state index is 11.3. The van der Waals surface area contributed by atoms with Crippen LogP contribution in [0.5, 0.6) is 0 Å². The predicted molar refractivity (Wildman–Crippen MR) is 75.7 cm³/mol. The first-order valence-electron chi connectivity index (χ1n) is 6.25. The minimum atomic E-state index is -0.182. The molecule has 1 saturated heterocycles. The highest BCUT2D eigenvalue weighted by molar-refractivity contribution is 5.69. The summed E-state index contributed by atoms with van der Waals surface area (Å²) in [5.41, 5.74) is 1.25. The Morgan fingerprint density at radius 2 is 1.89 bits per heavy atom. The van der Waals surface area contributed by atoms with Gasteiger partial charge in [-0.05, 0) is 18.9 Å². The van der Waals surface area contributed by atoms with Crippen molar-refractivity contribution in [1.29, 1.82) is 0 Å². The molecule has 3 heteroatoms. The summed E-state index contributed by atoms with van der Waals surface area (Å²) in [5.74, 6) is 0. The van der Waals surface area contributed by atoms with E-state index in [0.717, 1.165) is 13.0 Å². The number of rotatable bonds is 3. The molecule has 0 aliphatic carbocycles. The molecule has 0 radical (unpaired) electrons. The molecule has 0 saturated carbocycles. The summed E-state index contributed by atoms with van der Waals surface area (Å²) in [4.78, 5) is 13.1. The molecule has 0 aromatic heterocycles. The summed E-state index contributed by atoms with van der Waals surface area (Å²) < 4.78 is 5.05. The van der Waals surface area contributed by atoms with Gasteiger partial charge in [0.15, 0.2) is 0 Å². The van der Waals surface area contributed by atoms with Crippen LogP contribution in [0, 0.1) is 0 Å². The number of carbonyl (C=O) groups excluding carboxylic acids is 1. The van der Waals surface area contributed by atoms with Crippen LogP contribution < -0.4 is 0 Å². The maximum Gasteiger partial charge on any atom is 0.410 e. The van der Waals surface area contributed by atoms with Crippen molar-refractivity contribution in [2.24, 2.45) is 0 Å². The third kappa shape index (κ3) is 4.78. The topological polar surface area (TPSA) is 29.5 Å². The fourth-order valence-electron chi connectivity index (χ4n) is 1.76. The fraction of sp³-hybridized carbons (Fsp3) is 0.533. The molecular formula is C15H25NO2. The summed E-state index contributed by atoms with van der Waals surface area (Å²) in [6.07, 6.45) is 0.745. The molecule has 3 nitrogen and oxygen atoms in total.